The Kier molecular flexibility index (Phi) is 4.75. The van der Waals surface area contributed by atoms with Gasteiger partial charge < -0.3 is 5.32 Å². The standard InChI is InChI=1S/C14H24N2O2/c1-2-15-11-7-9-12(10-8-11)16-13(17)5-3-4-6-14(16)18/h11-12,15H,2-10H2,1H3. The Labute approximate surface area is 109 Å². The monoisotopic (exact) mass is 252 g/mol. The maximum atomic E-state index is 12.0. The summed E-state index contributed by atoms with van der Waals surface area (Å²) in [5, 5.41) is 3.45. The highest BCUT2D eigenvalue weighted by Gasteiger charge is 2.33. The summed E-state index contributed by atoms with van der Waals surface area (Å²) in [6.07, 6.45) is 6.94. The molecule has 4 nitrogen and oxygen atoms in total. The second-order valence-electron chi connectivity index (χ2n) is 5.43. The number of hydrogen-bond donors (Lipinski definition) is 1. The molecule has 1 saturated heterocycles. The molecular formula is C14H24N2O2. The van der Waals surface area contributed by atoms with Gasteiger partial charge in [-0.05, 0) is 45.1 Å². The van der Waals surface area contributed by atoms with Crippen LogP contribution in [0.25, 0.3) is 0 Å². The fourth-order valence-corrected chi connectivity index (χ4v) is 3.17. The number of amides is 2. The zero-order valence-electron chi connectivity index (χ0n) is 11.3. The second kappa shape index (κ2) is 6.32. The predicted octanol–water partition coefficient (Wildman–Crippen LogP) is 1.84. The number of imide groups is 1. The van der Waals surface area contributed by atoms with Crippen LogP contribution in [0.5, 0.6) is 0 Å². The SMILES string of the molecule is CCNC1CCC(N2C(=O)CCCCC2=O)CC1. The Hall–Kier alpha value is -0.900. The van der Waals surface area contributed by atoms with Crippen LogP contribution in [0.15, 0.2) is 0 Å². The summed E-state index contributed by atoms with van der Waals surface area (Å²) < 4.78 is 0. The first kappa shape index (κ1) is 13.5. The Morgan fingerprint density at radius 1 is 1.06 bits per heavy atom. The van der Waals surface area contributed by atoms with Gasteiger partial charge in [0.1, 0.15) is 0 Å². The molecule has 102 valence electrons. The number of nitrogens with zero attached hydrogens (tertiary/aromatic N) is 1. The number of likely N-dealkylation sites (tertiary alicyclic amines) is 1. The van der Waals surface area contributed by atoms with Gasteiger partial charge >= 0.3 is 0 Å². The van der Waals surface area contributed by atoms with Gasteiger partial charge in [-0.1, -0.05) is 6.92 Å². The molecule has 1 N–H and O–H groups in total. The smallest absolute Gasteiger partial charge is 0.229 e. The third kappa shape index (κ3) is 3.10. The minimum Gasteiger partial charge on any atom is -0.314 e. The third-order valence-corrected chi connectivity index (χ3v) is 4.12. The molecule has 0 atom stereocenters. The van der Waals surface area contributed by atoms with Crippen LogP contribution in [-0.4, -0.2) is 35.3 Å². The highest BCUT2D eigenvalue weighted by molar-refractivity contribution is 5.96. The van der Waals surface area contributed by atoms with Gasteiger partial charge in [-0.2, -0.15) is 0 Å². The van der Waals surface area contributed by atoms with Crippen LogP contribution >= 0.6 is 0 Å². The zero-order chi connectivity index (χ0) is 13.0. The van der Waals surface area contributed by atoms with Gasteiger partial charge in [0.2, 0.25) is 11.8 Å². The van der Waals surface area contributed by atoms with Crippen LogP contribution in [0.4, 0.5) is 0 Å². The minimum absolute atomic E-state index is 0.0596. The van der Waals surface area contributed by atoms with Crippen molar-refractivity contribution in [3.63, 3.8) is 0 Å². The van der Waals surface area contributed by atoms with Gasteiger partial charge in [-0.15, -0.1) is 0 Å². The van der Waals surface area contributed by atoms with E-state index in [0.29, 0.717) is 18.9 Å². The predicted molar refractivity (Wildman–Crippen MR) is 70.0 cm³/mol. The number of carbonyl (C=O) groups is 2. The van der Waals surface area contributed by atoms with Gasteiger partial charge in [-0.3, -0.25) is 14.5 Å². The molecular weight excluding hydrogens is 228 g/mol. The molecule has 1 heterocycles. The van der Waals surface area contributed by atoms with Crippen molar-refractivity contribution in [2.45, 2.75) is 70.4 Å². The van der Waals surface area contributed by atoms with Crippen LogP contribution < -0.4 is 5.32 Å². The second-order valence-corrected chi connectivity index (χ2v) is 5.43. The number of nitrogens with one attached hydrogen (secondary N) is 1. The Morgan fingerprint density at radius 3 is 2.11 bits per heavy atom. The van der Waals surface area contributed by atoms with Crippen molar-refractivity contribution in [3.8, 4) is 0 Å². The first-order valence-electron chi connectivity index (χ1n) is 7.30. The lowest BCUT2D eigenvalue weighted by Crippen LogP contribution is -2.47. The first-order valence-corrected chi connectivity index (χ1v) is 7.30. The molecule has 2 amide bonds. The van der Waals surface area contributed by atoms with E-state index >= 15 is 0 Å². The quantitative estimate of drug-likeness (QED) is 0.780. The highest BCUT2D eigenvalue weighted by atomic mass is 16.2. The van der Waals surface area contributed by atoms with E-state index in [4.69, 9.17) is 0 Å². The molecule has 2 rings (SSSR count). The minimum atomic E-state index is 0.0596. The van der Waals surface area contributed by atoms with E-state index in [0.717, 1.165) is 45.1 Å². The zero-order valence-corrected chi connectivity index (χ0v) is 11.3. The molecule has 4 heteroatoms. The number of carbonyl (C=O) groups excluding carboxylic acids is 2. The molecule has 0 aromatic carbocycles. The maximum absolute atomic E-state index is 12.0. The largest absolute Gasteiger partial charge is 0.314 e. The lowest BCUT2D eigenvalue weighted by Gasteiger charge is -2.35. The molecule has 2 fully saturated rings. The normalized spacial score (nSPS) is 30.4. The molecule has 0 radical (unpaired) electrons. The van der Waals surface area contributed by atoms with E-state index in [1.54, 1.807) is 4.90 Å². The molecule has 0 bridgehead atoms. The molecule has 0 unspecified atom stereocenters. The van der Waals surface area contributed by atoms with Gasteiger partial charge in [0, 0.05) is 24.9 Å². The maximum Gasteiger partial charge on any atom is 0.229 e. The summed E-state index contributed by atoms with van der Waals surface area (Å²) in [7, 11) is 0. The number of hydrogen-bond acceptors (Lipinski definition) is 3. The topological polar surface area (TPSA) is 49.4 Å². The van der Waals surface area contributed by atoms with Crippen LogP contribution in [0.2, 0.25) is 0 Å². The molecule has 0 aromatic heterocycles. The molecule has 0 aromatic rings. The molecule has 1 saturated carbocycles. The average molecular weight is 252 g/mol. The summed E-state index contributed by atoms with van der Waals surface area (Å²) >= 11 is 0. The van der Waals surface area contributed by atoms with Crippen LogP contribution in [0, 0.1) is 0 Å². The van der Waals surface area contributed by atoms with E-state index in [1.807, 2.05) is 0 Å². The summed E-state index contributed by atoms with van der Waals surface area (Å²) in [6.45, 7) is 3.12. The van der Waals surface area contributed by atoms with E-state index < -0.39 is 0 Å². The molecule has 1 aliphatic heterocycles. The van der Waals surface area contributed by atoms with Crippen molar-refractivity contribution >= 4 is 11.8 Å². The molecule has 1 aliphatic carbocycles. The van der Waals surface area contributed by atoms with Crippen LogP contribution in [0.3, 0.4) is 0 Å². The fourth-order valence-electron chi connectivity index (χ4n) is 3.17. The van der Waals surface area contributed by atoms with Crippen LogP contribution in [0.1, 0.15) is 58.3 Å². The van der Waals surface area contributed by atoms with Crippen molar-refractivity contribution in [1.29, 1.82) is 0 Å². The third-order valence-electron chi connectivity index (χ3n) is 4.12. The van der Waals surface area contributed by atoms with Crippen LogP contribution in [-0.2, 0) is 9.59 Å². The van der Waals surface area contributed by atoms with E-state index in [2.05, 4.69) is 12.2 Å². The van der Waals surface area contributed by atoms with Gasteiger partial charge in [0.05, 0.1) is 0 Å². The number of rotatable bonds is 3. The van der Waals surface area contributed by atoms with Gasteiger partial charge in [0.15, 0.2) is 0 Å². The van der Waals surface area contributed by atoms with Crippen molar-refractivity contribution in [2.24, 2.45) is 0 Å². The fraction of sp³-hybridized carbons (Fsp3) is 0.857. The Balaban J connectivity index is 1.94. The summed E-state index contributed by atoms with van der Waals surface area (Å²) in [6, 6.07) is 0.737. The Morgan fingerprint density at radius 2 is 1.61 bits per heavy atom. The molecule has 0 spiro atoms. The Bertz CT molecular complexity index is 291. The summed E-state index contributed by atoms with van der Waals surface area (Å²) in [5.41, 5.74) is 0. The van der Waals surface area contributed by atoms with Crippen molar-refractivity contribution in [2.75, 3.05) is 6.54 Å². The van der Waals surface area contributed by atoms with E-state index in [9.17, 15) is 9.59 Å². The summed E-state index contributed by atoms with van der Waals surface area (Å²) in [4.78, 5) is 25.6. The summed E-state index contributed by atoms with van der Waals surface area (Å²) in [5.74, 6) is 0.119. The lowest BCUT2D eigenvalue weighted by atomic mass is 9.90. The first-order chi connectivity index (χ1) is 8.72. The highest BCUT2D eigenvalue weighted by Crippen LogP contribution is 2.26. The van der Waals surface area contributed by atoms with Crippen molar-refractivity contribution in [1.82, 2.24) is 10.2 Å². The van der Waals surface area contributed by atoms with E-state index in [1.165, 1.54) is 0 Å². The van der Waals surface area contributed by atoms with Gasteiger partial charge in [0.25, 0.3) is 0 Å². The van der Waals surface area contributed by atoms with Crippen molar-refractivity contribution in [3.05, 3.63) is 0 Å². The van der Waals surface area contributed by atoms with Crippen molar-refractivity contribution < 1.29 is 9.59 Å². The average Bonchev–Trinajstić information content (AvgIpc) is 2.53. The molecule has 18 heavy (non-hydrogen) atoms. The van der Waals surface area contributed by atoms with E-state index in [-0.39, 0.29) is 17.9 Å². The lowest BCUT2D eigenvalue weighted by molar-refractivity contribution is -0.147. The molecule has 2 aliphatic rings. The van der Waals surface area contributed by atoms with Gasteiger partial charge in [-0.25, -0.2) is 0 Å².